The number of hydrogen-bond acceptors (Lipinski definition) is 3. The Labute approximate surface area is 116 Å². The summed E-state index contributed by atoms with van der Waals surface area (Å²) in [5, 5.41) is 11.7. The summed E-state index contributed by atoms with van der Waals surface area (Å²) < 4.78 is 2.82. The van der Waals surface area contributed by atoms with Crippen LogP contribution in [0.3, 0.4) is 0 Å². The molecule has 0 bridgehead atoms. The van der Waals surface area contributed by atoms with E-state index in [0.29, 0.717) is 6.04 Å². The predicted octanol–water partition coefficient (Wildman–Crippen LogP) is 2.84. The summed E-state index contributed by atoms with van der Waals surface area (Å²) in [6.45, 7) is 7.03. The number of benzene rings is 1. The third-order valence-corrected chi connectivity index (χ3v) is 3.25. The van der Waals surface area contributed by atoms with E-state index in [1.54, 1.807) is 4.68 Å². The van der Waals surface area contributed by atoms with Crippen molar-refractivity contribution in [2.75, 3.05) is 0 Å². The van der Waals surface area contributed by atoms with E-state index in [1.807, 2.05) is 12.3 Å². The zero-order valence-electron chi connectivity index (χ0n) is 10.8. The molecule has 0 radical (unpaired) electrons. The molecule has 1 heterocycles. The van der Waals surface area contributed by atoms with Crippen molar-refractivity contribution in [1.29, 1.82) is 0 Å². The van der Waals surface area contributed by atoms with Crippen LogP contribution in [0.25, 0.3) is 5.69 Å². The highest BCUT2D eigenvalue weighted by Gasteiger charge is 2.06. The Bertz CT molecular complexity index is 534. The van der Waals surface area contributed by atoms with Crippen LogP contribution in [-0.4, -0.2) is 21.0 Å². The lowest BCUT2D eigenvalue weighted by molar-refractivity contribution is 0.580. The van der Waals surface area contributed by atoms with E-state index in [-0.39, 0.29) is 0 Å². The van der Waals surface area contributed by atoms with Gasteiger partial charge in [-0.25, -0.2) is 4.68 Å². The average molecular weight is 309 g/mol. The van der Waals surface area contributed by atoms with Gasteiger partial charge in [-0.2, -0.15) is 0 Å². The lowest BCUT2D eigenvalue weighted by Crippen LogP contribution is -2.21. The summed E-state index contributed by atoms with van der Waals surface area (Å²) in [6.07, 6.45) is 1.95. The molecule has 1 aromatic heterocycles. The van der Waals surface area contributed by atoms with Crippen molar-refractivity contribution in [3.8, 4) is 5.69 Å². The van der Waals surface area contributed by atoms with Crippen LogP contribution in [0.1, 0.15) is 25.1 Å². The van der Waals surface area contributed by atoms with Gasteiger partial charge in [-0.05, 0) is 40.5 Å². The van der Waals surface area contributed by atoms with Crippen molar-refractivity contribution in [2.24, 2.45) is 0 Å². The molecular weight excluding hydrogens is 292 g/mol. The zero-order chi connectivity index (χ0) is 13.1. The van der Waals surface area contributed by atoms with Crippen LogP contribution in [0.4, 0.5) is 0 Å². The van der Waals surface area contributed by atoms with E-state index in [1.165, 1.54) is 5.56 Å². The van der Waals surface area contributed by atoms with Crippen molar-refractivity contribution in [1.82, 2.24) is 20.3 Å². The van der Waals surface area contributed by atoms with Crippen LogP contribution in [0.5, 0.6) is 0 Å². The Morgan fingerprint density at radius 2 is 2.17 bits per heavy atom. The first-order valence-corrected chi connectivity index (χ1v) is 6.76. The van der Waals surface area contributed by atoms with E-state index < -0.39 is 0 Å². The second kappa shape index (κ2) is 5.63. The van der Waals surface area contributed by atoms with Gasteiger partial charge in [0.25, 0.3) is 0 Å². The second-order valence-corrected chi connectivity index (χ2v) is 5.50. The third kappa shape index (κ3) is 3.17. The molecule has 0 spiro atoms. The first-order valence-electron chi connectivity index (χ1n) is 5.97. The Kier molecular flexibility index (Phi) is 4.14. The van der Waals surface area contributed by atoms with Gasteiger partial charge in [-0.3, -0.25) is 0 Å². The molecule has 0 saturated carbocycles. The van der Waals surface area contributed by atoms with E-state index in [2.05, 4.69) is 64.5 Å². The van der Waals surface area contributed by atoms with Crippen molar-refractivity contribution < 1.29 is 0 Å². The summed E-state index contributed by atoms with van der Waals surface area (Å²) in [5.74, 6) is 0. The second-order valence-electron chi connectivity index (χ2n) is 4.64. The van der Waals surface area contributed by atoms with Crippen LogP contribution in [0.15, 0.2) is 28.9 Å². The SMILES string of the molecule is Cc1ccc(Br)c(-n2cc(CNC(C)C)nn2)c1. The minimum Gasteiger partial charge on any atom is -0.309 e. The molecule has 2 rings (SSSR count). The summed E-state index contributed by atoms with van der Waals surface area (Å²) in [7, 11) is 0. The highest BCUT2D eigenvalue weighted by atomic mass is 79.9. The van der Waals surface area contributed by atoms with E-state index >= 15 is 0 Å². The average Bonchev–Trinajstić information content (AvgIpc) is 2.78. The molecule has 0 saturated heterocycles. The van der Waals surface area contributed by atoms with Crippen molar-refractivity contribution in [3.63, 3.8) is 0 Å². The summed E-state index contributed by atoms with van der Waals surface area (Å²) in [5.41, 5.74) is 3.15. The fourth-order valence-corrected chi connectivity index (χ4v) is 2.03. The molecule has 0 amide bonds. The largest absolute Gasteiger partial charge is 0.309 e. The molecule has 2 aromatic rings. The van der Waals surface area contributed by atoms with Gasteiger partial charge in [0, 0.05) is 17.1 Å². The van der Waals surface area contributed by atoms with Crippen LogP contribution >= 0.6 is 15.9 Å². The van der Waals surface area contributed by atoms with Gasteiger partial charge in [0.15, 0.2) is 0 Å². The number of halogens is 1. The fraction of sp³-hybridized carbons (Fsp3) is 0.385. The number of aromatic nitrogens is 3. The lowest BCUT2D eigenvalue weighted by Gasteiger charge is -2.05. The quantitative estimate of drug-likeness (QED) is 0.944. The first kappa shape index (κ1) is 13.2. The molecule has 1 aromatic carbocycles. The van der Waals surface area contributed by atoms with Crippen LogP contribution in [0.2, 0.25) is 0 Å². The molecule has 18 heavy (non-hydrogen) atoms. The maximum absolute atomic E-state index is 4.16. The maximum Gasteiger partial charge on any atom is 0.0969 e. The van der Waals surface area contributed by atoms with Crippen LogP contribution in [-0.2, 0) is 6.54 Å². The number of hydrogen-bond donors (Lipinski definition) is 1. The predicted molar refractivity (Wildman–Crippen MR) is 75.8 cm³/mol. The van der Waals surface area contributed by atoms with Gasteiger partial charge < -0.3 is 5.32 Å². The molecule has 0 unspecified atom stereocenters. The van der Waals surface area contributed by atoms with E-state index in [4.69, 9.17) is 0 Å². The monoisotopic (exact) mass is 308 g/mol. The topological polar surface area (TPSA) is 42.7 Å². The van der Waals surface area contributed by atoms with Gasteiger partial charge >= 0.3 is 0 Å². The number of nitrogens with zero attached hydrogens (tertiary/aromatic N) is 3. The number of nitrogens with one attached hydrogen (secondary N) is 1. The van der Waals surface area contributed by atoms with Gasteiger partial charge in [-0.15, -0.1) is 5.10 Å². The van der Waals surface area contributed by atoms with Crippen LogP contribution < -0.4 is 5.32 Å². The van der Waals surface area contributed by atoms with Gasteiger partial charge in [-0.1, -0.05) is 25.1 Å². The van der Waals surface area contributed by atoms with Crippen molar-refractivity contribution >= 4 is 15.9 Å². The summed E-state index contributed by atoms with van der Waals surface area (Å²) in [4.78, 5) is 0. The molecule has 5 heteroatoms. The maximum atomic E-state index is 4.16. The normalized spacial score (nSPS) is 11.2. The third-order valence-electron chi connectivity index (χ3n) is 2.58. The Hall–Kier alpha value is -1.20. The molecular formula is C13H17BrN4. The Balaban J connectivity index is 2.21. The standard InChI is InChI=1S/C13H17BrN4/c1-9(2)15-7-11-8-18(17-16-11)13-6-10(3)4-5-12(13)14/h4-6,8-9,15H,7H2,1-3H3. The highest BCUT2D eigenvalue weighted by molar-refractivity contribution is 9.10. The molecule has 0 aliphatic heterocycles. The van der Waals surface area contributed by atoms with Gasteiger partial charge in [0.2, 0.25) is 0 Å². The molecule has 0 aliphatic carbocycles. The highest BCUT2D eigenvalue weighted by Crippen LogP contribution is 2.21. The molecule has 96 valence electrons. The smallest absolute Gasteiger partial charge is 0.0969 e. The minimum absolute atomic E-state index is 0.445. The molecule has 1 N–H and O–H groups in total. The minimum atomic E-state index is 0.445. The summed E-state index contributed by atoms with van der Waals surface area (Å²) in [6, 6.07) is 6.61. The molecule has 0 fully saturated rings. The zero-order valence-corrected chi connectivity index (χ0v) is 12.4. The Morgan fingerprint density at radius 3 is 2.89 bits per heavy atom. The lowest BCUT2D eigenvalue weighted by atomic mass is 10.2. The molecule has 0 atom stereocenters. The van der Waals surface area contributed by atoms with Crippen molar-refractivity contribution in [2.45, 2.75) is 33.4 Å². The van der Waals surface area contributed by atoms with Crippen molar-refractivity contribution in [3.05, 3.63) is 40.1 Å². The van der Waals surface area contributed by atoms with Gasteiger partial charge in [0.05, 0.1) is 17.6 Å². The van der Waals surface area contributed by atoms with E-state index in [9.17, 15) is 0 Å². The van der Waals surface area contributed by atoms with E-state index in [0.717, 1.165) is 22.4 Å². The van der Waals surface area contributed by atoms with Crippen LogP contribution in [0, 0.1) is 6.92 Å². The summed E-state index contributed by atoms with van der Waals surface area (Å²) >= 11 is 3.53. The first-order chi connectivity index (χ1) is 8.56. The van der Waals surface area contributed by atoms with Gasteiger partial charge in [0.1, 0.15) is 0 Å². The fourth-order valence-electron chi connectivity index (χ4n) is 1.60. The molecule has 4 nitrogen and oxygen atoms in total. The Morgan fingerprint density at radius 1 is 1.39 bits per heavy atom. The number of aryl methyl sites for hydroxylation is 1. The number of rotatable bonds is 4. The molecule has 0 aliphatic rings.